The number of carboxylic acids is 2. The second-order valence-electron chi connectivity index (χ2n) is 10.0. The molecule has 0 unspecified atom stereocenters. The van der Waals surface area contributed by atoms with E-state index in [1.54, 1.807) is 68.3 Å². The molecule has 0 aliphatic rings. The number of aromatic nitrogens is 4. The molecular formula is C28H32F3N7O7S. The Morgan fingerprint density at radius 3 is 2.30 bits per heavy atom. The largest absolute Gasteiger partial charge is 0.490 e. The van der Waals surface area contributed by atoms with Gasteiger partial charge in [-0.25, -0.2) is 18.2 Å². The first-order valence-electron chi connectivity index (χ1n) is 13.6. The zero-order valence-electron chi connectivity index (χ0n) is 24.8. The highest BCUT2D eigenvalue weighted by molar-refractivity contribution is 7.89. The number of sulfonamides is 1. The summed E-state index contributed by atoms with van der Waals surface area (Å²) < 4.78 is 61.5. The standard InChI is InChI=1S/C26H31N7O5S.C2HF3O2/c1-16-6-4-7-17(2)23(16)39(37,38)32-21(25(35)36)15-30-24(34)18-9-10-19-20(31-33(3)22(19)14-18)8-5-11-27-26-28-12-13-29-26;3-2(4,5)1(6)7/h4,6-7,9-10,12-14,21,32H,5,8,11,15H2,1-3H3,(H,30,34)(H,35,36)(H2,27,28,29);(H,6,7)/t21-;/m0./s1. The number of anilines is 1. The fraction of sp³-hybridized carbons (Fsp3) is 0.321. The molecule has 2 heterocycles. The van der Waals surface area contributed by atoms with E-state index in [1.807, 2.05) is 6.07 Å². The van der Waals surface area contributed by atoms with Crippen LogP contribution in [0, 0.1) is 13.8 Å². The number of halogens is 3. The van der Waals surface area contributed by atoms with E-state index in [9.17, 15) is 36.3 Å². The van der Waals surface area contributed by atoms with Crippen LogP contribution in [0.4, 0.5) is 19.1 Å². The molecule has 0 fully saturated rings. The number of hydrogen-bond acceptors (Lipinski definition) is 8. The van der Waals surface area contributed by atoms with Gasteiger partial charge >= 0.3 is 18.1 Å². The molecule has 46 heavy (non-hydrogen) atoms. The van der Waals surface area contributed by atoms with Crippen molar-refractivity contribution in [3.63, 3.8) is 0 Å². The highest BCUT2D eigenvalue weighted by atomic mass is 32.2. The predicted molar refractivity (Wildman–Crippen MR) is 160 cm³/mol. The topological polar surface area (TPSA) is 208 Å². The number of hydrogen-bond donors (Lipinski definition) is 6. The number of carboxylic acid groups (broad SMARTS) is 2. The van der Waals surface area contributed by atoms with Crippen LogP contribution in [0.2, 0.25) is 0 Å². The van der Waals surface area contributed by atoms with Gasteiger partial charge in [0.2, 0.25) is 10.0 Å². The molecule has 4 rings (SSSR count). The molecule has 248 valence electrons. The van der Waals surface area contributed by atoms with E-state index < -0.39 is 46.6 Å². The molecule has 18 heteroatoms. The number of nitrogens with one attached hydrogen (secondary N) is 4. The van der Waals surface area contributed by atoms with Crippen molar-refractivity contribution in [2.24, 2.45) is 7.05 Å². The molecule has 0 saturated heterocycles. The third kappa shape index (κ3) is 9.27. The quantitative estimate of drug-likeness (QED) is 0.122. The van der Waals surface area contributed by atoms with Gasteiger partial charge in [0.25, 0.3) is 5.91 Å². The van der Waals surface area contributed by atoms with E-state index >= 15 is 0 Å². The third-order valence-electron chi connectivity index (χ3n) is 6.55. The summed E-state index contributed by atoms with van der Waals surface area (Å²) >= 11 is 0. The van der Waals surface area contributed by atoms with Gasteiger partial charge in [0.1, 0.15) is 6.04 Å². The summed E-state index contributed by atoms with van der Waals surface area (Å²) in [6.45, 7) is 3.55. The average Bonchev–Trinajstić information content (AvgIpc) is 3.60. The van der Waals surface area contributed by atoms with Gasteiger partial charge in [0.05, 0.1) is 16.1 Å². The molecule has 1 amide bonds. The fourth-order valence-corrected chi connectivity index (χ4v) is 6.09. The van der Waals surface area contributed by atoms with E-state index in [4.69, 9.17) is 9.90 Å². The summed E-state index contributed by atoms with van der Waals surface area (Å²) in [5.41, 5.74) is 2.94. The third-order valence-corrected chi connectivity index (χ3v) is 8.33. The number of aliphatic carboxylic acids is 2. The lowest BCUT2D eigenvalue weighted by Crippen LogP contribution is -2.48. The van der Waals surface area contributed by atoms with Crippen molar-refractivity contribution >= 4 is 44.7 Å². The maximum Gasteiger partial charge on any atom is 0.490 e. The first-order chi connectivity index (χ1) is 21.5. The second kappa shape index (κ2) is 14.9. The van der Waals surface area contributed by atoms with E-state index in [1.165, 1.54) is 0 Å². The maximum atomic E-state index is 12.9. The molecule has 0 spiro atoms. The molecule has 2 aromatic heterocycles. The summed E-state index contributed by atoms with van der Waals surface area (Å²) in [4.78, 5) is 40.7. The van der Waals surface area contributed by atoms with Gasteiger partial charge in [0.15, 0.2) is 5.95 Å². The summed E-state index contributed by atoms with van der Waals surface area (Å²) in [5, 5.41) is 28.0. The lowest BCUT2D eigenvalue weighted by molar-refractivity contribution is -0.192. The lowest BCUT2D eigenvalue weighted by Gasteiger charge is -2.18. The first-order valence-corrected chi connectivity index (χ1v) is 15.1. The number of H-pyrrole nitrogens is 1. The molecule has 0 bridgehead atoms. The van der Waals surface area contributed by atoms with Gasteiger partial charge in [-0.1, -0.05) is 24.3 Å². The van der Waals surface area contributed by atoms with Gasteiger partial charge in [0, 0.05) is 43.5 Å². The molecule has 0 aliphatic carbocycles. The first kappa shape index (κ1) is 35.5. The van der Waals surface area contributed by atoms with Gasteiger partial charge < -0.3 is 25.8 Å². The smallest absolute Gasteiger partial charge is 0.480 e. The van der Waals surface area contributed by atoms with Crippen molar-refractivity contribution in [1.29, 1.82) is 0 Å². The number of amides is 1. The number of aryl methyl sites for hydroxylation is 4. The van der Waals surface area contributed by atoms with Crippen molar-refractivity contribution in [3.05, 3.63) is 71.2 Å². The van der Waals surface area contributed by atoms with Crippen LogP contribution in [0.3, 0.4) is 0 Å². The minimum atomic E-state index is -5.08. The Hall–Kier alpha value is -4.97. The highest BCUT2D eigenvalue weighted by Gasteiger charge is 2.38. The van der Waals surface area contributed by atoms with Crippen molar-refractivity contribution in [3.8, 4) is 0 Å². The molecule has 6 N–H and O–H groups in total. The van der Waals surface area contributed by atoms with Gasteiger partial charge in [-0.15, -0.1) is 0 Å². The van der Waals surface area contributed by atoms with Crippen LogP contribution >= 0.6 is 0 Å². The van der Waals surface area contributed by atoms with Crippen LogP contribution in [-0.4, -0.2) is 81.5 Å². The highest BCUT2D eigenvalue weighted by Crippen LogP contribution is 2.22. The van der Waals surface area contributed by atoms with Gasteiger partial charge in [-0.2, -0.15) is 23.0 Å². The molecule has 2 aromatic carbocycles. The van der Waals surface area contributed by atoms with Crippen molar-refractivity contribution in [1.82, 2.24) is 29.8 Å². The number of aromatic amines is 1. The summed E-state index contributed by atoms with van der Waals surface area (Å²) in [5.74, 6) is -3.98. The molecule has 0 radical (unpaired) electrons. The Labute approximate surface area is 261 Å². The number of nitrogens with zero attached hydrogens (tertiary/aromatic N) is 3. The van der Waals surface area contributed by atoms with Crippen LogP contribution in [0.5, 0.6) is 0 Å². The molecular weight excluding hydrogens is 635 g/mol. The molecule has 4 aromatic rings. The number of carbonyl (C=O) groups excluding carboxylic acids is 1. The normalized spacial score (nSPS) is 12.2. The Morgan fingerprint density at radius 2 is 1.74 bits per heavy atom. The van der Waals surface area contributed by atoms with E-state index in [0.717, 1.165) is 29.4 Å². The van der Waals surface area contributed by atoms with Gasteiger partial charge in [-0.05, 0) is 49.9 Å². The number of rotatable bonds is 12. The fourth-order valence-electron chi connectivity index (χ4n) is 4.43. The Kier molecular flexibility index (Phi) is 11.5. The minimum Gasteiger partial charge on any atom is -0.480 e. The lowest BCUT2D eigenvalue weighted by atomic mass is 10.1. The summed E-state index contributed by atoms with van der Waals surface area (Å²) in [7, 11) is -2.35. The van der Waals surface area contributed by atoms with Crippen molar-refractivity contribution < 1.29 is 46.2 Å². The van der Waals surface area contributed by atoms with Crippen molar-refractivity contribution in [2.45, 2.75) is 43.8 Å². The number of benzene rings is 2. The van der Waals surface area contributed by atoms with Crippen LogP contribution in [0.15, 0.2) is 53.7 Å². The monoisotopic (exact) mass is 667 g/mol. The number of fused-ring (bicyclic) bond motifs is 1. The Balaban J connectivity index is 0.000000738. The van der Waals surface area contributed by atoms with Gasteiger partial charge in [-0.3, -0.25) is 14.3 Å². The maximum absolute atomic E-state index is 12.9. The van der Waals surface area contributed by atoms with Crippen LogP contribution in [0.1, 0.15) is 33.6 Å². The molecule has 0 aliphatic heterocycles. The number of imidazole rings is 1. The summed E-state index contributed by atoms with van der Waals surface area (Å²) in [6.07, 6.45) is -0.120. The van der Waals surface area contributed by atoms with E-state index in [2.05, 4.69) is 30.4 Å². The summed E-state index contributed by atoms with van der Waals surface area (Å²) in [6, 6.07) is 8.57. The molecule has 1 atom stereocenters. The predicted octanol–water partition coefficient (Wildman–Crippen LogP) is 2.75. The zero-order valence-corrected chi connectivity index (χ0v) is 25.7. The number of alkyl halides is 3. The SMILES string of the molecule is Cc1cccc(C)c1S(=O)(=O)N[C@@H](CNC(=O)c1ccc2c(CCCNc3ncc[nH]3)nn(C)c2c1)C(=O)O.O=C(O)C(F)(F)F. The Morgan fingerprint density at radius 1 is 1.09 bits per heavy atom. The second-order valence-corrected chi connectivity index (χ2v) is 11.7. The zero-order chi connectivity index (χ0) is 34.2. The van der Waals surface area contributed by atoms with Crippen LogP contribution < -0.4 is 15.4 Å². The number of carbonyl (C=O) groups is 3. The minimum absolute atomic E-state index is 0.0248. The molecule has 0 saturated carbocycles. The van der Waals surface area contributed by atoms with Crippen LogP contribution in [-0.2, 0) is 33.1 Å². The van der Waals surface area contributed by atoms with Crippen LogP contribution in [0.25, 0.3) is 10.9 Å². The van der Waals surface area contributed by atoms with E-state index in [-0.39, 0.29) is 4.90 Å². The van der Waals surface area contributed by atoms with E-state index in [0.29, 0.717) is 29.2 Å². The Bertz CT molecular complexity index is 1790. The average molecular weight is 668 g/mol. The van der Waals surface area contributed by atoms with Crippen molar-refractivity contribution in [2.75, 3.05) is 18.4 Å². The molecule has 14 nitrogen and oxygen atoms in total.